The summed E-state index contributed by atoms with van der Waals surface area (Å²) in [7, 11) is 3.07. The minimum Gasteiger partial charge on any atom is -0.495 e. The van der Waals surface area contributed by atoms with E-state index in [0.29, 0.717) is 51.1 Å². The first-order valence-corrected chi connectivity index (χ1v) is 13.3. The molecule has 3 aromatic carbocycles. The highest BCUT2D eigenvalue weighted by atomic mass is 79.9. The van der Waals surface area contributed by atoms with Crippen LogP contribution < -0.4 is 24.5 Å². The van der Waals surface area contributed by atoms with Gasteiger partial charge in [0.15, 0.2) is 16.9 Å². The number of carbonyl (C=O) groups is 1. The van der Waals surface area contributed by atoms with Crippen LogP contribution in [-0.2, 0) is 0 Å². The molecule has 0 bridgehead atoms. The maximum absolute atomic E-state index is 13.9. The maximum Gasteiger partial charge on any atom is 0.295 e. The molecule has 0 spiro atoms. The normalized spacial score (nSPS) is 14.6. The third-order valence-electron chi connectivity index (χ3n) is 6.50. The van der Waals surface area contributed by atoms with E-state index >= 15 is 0 Å². The van der Waals surface area contributed by atoms with Crippen LogP contribution in [0.2, 0.25) is 5.02 Å². The lowest BCUT2D eigenvalue weighted by molar-refractivity contribution is 0.0971. The molecule has 1 amide bonds. The molecule has 9 heteroatoms. The third kappa shape index (κ3) is 4.52. The average molecular weight is 599 g/mol. The molecule has 0 aliphatic carbocycles. The first-order valence-electron chi connectivity index (χ1n) is 12.1. The molecule has 38 heavy (non-hydrogen) atoms. The molecule has 0 N–H and O–H groups in total. The number of halogens is 2. The van der Waals surface area contributed by atoms with Gasteiger partial charge in [0.2, 0.25) is 5.76 Å². The number of carbonyl (C=O) groups excluding carboxylic acids is 1. The summed E-state index contributed by atoms with van der Waals surface area (Å²) in [4.78, 5) is 29.3. The second-order valence-corrected chi connectivity index (χ2v) is 10.1. The summed E-state index contributed by atoms with van der Waals surface area (Å²) < 4.78 is 23.6. The lowest BCUT2D eigenvalue weighted by Crippen LogP contribution is -2.29. The fraction of sp³-hybridized carbons (Fsp3) is 0.241. The van der Waals surface area contributed by atoms with Crippen LogP contribution in [0.4, 0.5) is 5.69 Å². The highest BCUT2D eigenvalue weighted by Gasteiger charge is 2.44. The van der Waals surface area contributed by atoms with Crippen molar-refractivity contribution in [2.45, 2.75) is 25.8 Å². The summed E-state index contributed by atoms with van der Waals surface area (Å²) in [5.41, 5.74) is 1.44. The van der Waals surface area contributed by atoms with Gasteiger partial charge in [-0.3, -0.25) is 14.5 Å². The SMILES string of the molecule is CCCCOc1ccc(C2c3c(oc4ccc(Br)cc4c3=O)C(=O)N2c2ccc(OC)c(Cl)c2)cc1OC. The van der Waals surface area contributed by atoms with Crippen molar-refractivity contribution in [3.05, 3.63) is 91.2 Å². The van der Waals surface area contributed by atoms with Crippen molar-refractivity contribution >= 4 is 50.1 Å². The molecule has 1 aromatic heterocycles. The molecule has 1 aliphatic heterocycles. The molecule has 0 radical (unpaired) electrons. The smallest absolute Gasteiger partial charge is 0.295 e. The quantitative estimate of drug-likeness (QED) is 0.200. The number of hydrogen-bond acceptors (Lipinski definition) is 6. The Labute approximate surface area is 233 Å². The first kappa shape index (κ1) is 26.1. The number of methoxy groups -OCH3 is 2. The molecule has 1 unspecified atom stereocenters. The van der Waals surface area contributed by atoms with Gasteiger partial charge < -0.3 is 18.6 Å². The minimum atomic E-state index is -0.791. The Hall–Kier alpha value is -3.49. The molecule has 1 aliphatic rings. The monoisotopic (exact) mass is 597 g/mol. The lowest BCUT2D eigenvalue weighted by atomic mass is 9.97. The number of benzene rings is 3. The van der Waals surface area contributed by atoms with Crippen molar-refractivity contribution in [2.24, 2.45) is 0 Å². The number of amides is 1. The van der Waals surface area contributed by atoms with Crippen LogP contribution in [0.15, 0.2) is 68.3 Å². The zero-order chi connectivity index (χ0) is 27.0. The number of hydrogen-bond donors (Lipinski definition) is 0. The predicted octanol–water partition coefficient (Wildman–Crippen LogP) is 7.15. The minimum absolute atomic E-state index is 0.0102. The van der Waals surface area contributed by atoms with Gasteiger partial charge in [0.25, 0.3) is 5.91 Å². The van der Waals surface area contributed by atoms with Crippen LogP contribution in [0.1, 0.15) is 47.5 Å². The summed E-state index contributed by atoms with van der Waals surface area (Å²) in [6, 6.07) is 14.8. The Morgan fingerprint density at radius 1 is 0.974 bits per heavy atom. The van der Waals surface area contributed by atoms with Crippen molar-refractivity contribution in [3.63, 3.8) is 0 Å². The molecular formula is C29H25BrClNO6. The number of unbranched alkanes of at least 4 members (excludes halogenated alkanes) is 1. The van der Waals surface area contributed by atoms with Gasteiger partial charge in [-0.15, -0.1) is 0 Å². The van der Waals surface area contributed by atoms with Gasteiger partial charge >= 0.3 is 0 Å². The summed E-state index contributed by atoms with van der Waals surface area (Å²) >= 11 is 9.86. The van der Waals surface area contributed by atoms with Gasteiger partial charge in [-0.05, 0) is 60.5 Å². The van der Waals surface area contributed by atoms with Gasteiger partial charge in [0.1, 0.15) is 11.3 Å². The zero-order valence-electron chi connectivity index (χ0n) is 21.0. The number of fused-ring (bicyclic) bond motifs is 2. The van der Waals surface area contributed by atoms with Gasteiger partial charge in [0, 0.05) is 10.2 Å². The lowest BCUT2D eigenvalue weighted by Gasteiger charge is -2.26. The van der Waals surface area contributed by atoms with E-state index in [1.807, 2.05) is 6.07 Å². The number of anilines is 1. The second kappa shape index (κ2) is 10.7. The van der Waals surface area contributed by atoms with E-state index in [1.165, 1.54) is 12.0 Å². The van der Waals surface area contributed by atoms with Gasteiger partial charge in [-0.1, -0.05) is 46.9 Å². The first-order chi connectivity index (χ1) is 18.4. The Morgan fingerprint density at radius 2 is 1.74 bits per heavy atom. The molecule has 1 atom stereocenters. The van der Waals surface area contributed by atoms with Crippen molar-refractivity contribution in [1.82, 2.24) is 0 Å². The van der Waals surface area contributed by atoms with Gasteiger partial charge in [-0.25, -0.2) is 0 Å². The van der Waals surface area contributed by atoms with E-state index in [-0.39, 0.29) is 16.8 Å². The molecular weight excluding hydrogens is 574 g/mol. The number of rotatable bonds is 8. The molecule has 0 fully saturated rings. The van der Waals surface area contributed by atoms with Crippen molar-refractivity contribution in [2.75, 3.05) is 25.7 Å². The molecule has 0 saturated carbocycles. The van der Waals surface area contributed by atoms with Crippen LogP contribution >= 0.6 is 27.5 Å². The highest BCUT2D eigenvalue weighted by Crippen LogP contribution is 2.44. The highest BCUT2D eigenvalue weighted by molar-refractivity contribution is 9.10. The topological polar surface area (TPSA) is 78.2 Å². The number of ether oxygens (including phenoxy) is 3. The fourth-order valence-corrected chi connectivity index (χ4v) is 5.24. The van der Waals surface area contributed by atoms with Crippen LogP contribution in [0.3, 0.4) is 0 Å². The standard InChI is InChI=1S/C29H25BrClNO6/c1-4-5-12-37-23-9-6-16(13-24(23)36-3)26-25-27(33)19-14-17(30)7-10-21(19)38-28(25)29(34)32(26)18-8-11-22(35-2)20(31)15-18/h6-11,13-15,26H,4-5,12H2,1-3H3. The maximum atomic E-state index is 13.9. The molecule has 5 rings (SSSR count). The van der Waals surface area contributed by atoms with Gasteiger partial charge in [-0.2, -0.15) is 0 Å². The van der Waals surface area contributed by atoms with E-state index in [4.69, 9.17) is 30.2 Å². The average Bonchev–Trinajstić information content (AvgIpc) is 3.21. The Morgan fingerprint density at radius 3 is 2.45 bits per heavy atom. The van der Waals surface area contributed by atoms with E-state index in [9.17, 15) is 9.59 Å². The van der Waals surface area contributed by atoms with Crippen molar-refractivity contribution < 1.29 is 23.4 Å². The van der Waals surface area contributed by atoms with Crippen LogP contribution in [0.25, 0.3) is 11.0 Å². The largest absolute Gasteiger partial charge is 0.495 e. The Balaban J connectivity index is 1.72. The van der Waals surface area contributed by atoms with E-state index in [1.54, 1.807) is 55.6 Å². The molecule has 0 saturated heterocycles. The summed E-state index contributed by atoms with van der Waals surface area (Å²) in [6.07, 6.45) is 1.91. The molecule has 4 aromatic rings. The predicted molar refractivity (Wildman–Crippen MR) is 150 cm³/mol. The fourth-order valence-electron chi connectivity index (χ4n) is 4.63. The molecule has 7 nitrogen and oxygen atoms in total. The van der Waals surface area contributed by atoms with E-state index < -0.39 is 11.9 Å². The zero-order valence-corrected chi connectivity index (χ0v) is 23.4. The second-order valence-electron chi connectivity index (χ2n) is 8.82. The summed E-state index contributed by atoms with van der Waals surface area (Å²) in [6.45, 7) is 2.64. The number of nitrogens with zero attached hydrogens (tertiary/aromatic N) is 1. The van der Waals surface area contributed by atoms with Crippen LogP contribution in [0, 0.1) is 0 Å². The third-order valence-corrected chi connectivity index (χ3v) is 7.29. The van der Waals surface area contributed by atoms with Gasteiger partial charge in [0.05, 0.1) is 42.8 Å². The van der Waals surface area contributed by atoms with Crippen molar-refractivity contribution in [3.8, 4) is 17.2 Å². The Kier molecular flexibility index (Phi) is 7.36. The van der Waals surface area contributed by atoms with Crippen LogP contribution in [0.5, 0.6) is 17.2 Å². The summed E-state index contributed by atoms with van der Waals surface area (Å²) in [5.74, 6) is 1.10. The molecule has 196 valence electrons. The summed E-state index contributed by atoms with van der Waals surface area (Å²) in [5, 5.41) is 0.704. The van der Waals surface area contributed by atoms with E-state index in [0.717, 1.165) is 17.3 Å². The molecule has 2 heterocycles. The van der Waals surface area contributed by atoms with E-state index in [2.05, 4.69) is 22.9 Å². The Bertz CT molecular complexity index is 1600. The van der Waals surface area contributed by atoms with Crippen LogP contribution in [-0.4, -0.2) is 26.7 Å². The van der Waals surface area contributed by atoms with Crippen molar-refractivity contribution in [1.29, 1.82) is 0 Å².